The number of rotatable bonds is 5. The average molecular weight is 347 g/mol. The Morgan fingerprint density at radius 2 is 1.80 bits per heavy atom. The van der Waals surface area contributed by atoms with Gasteiger partial charge in [0, 0.05) is 26.2 Å². The molecule has 1 saturated heterocycles. The number of nitrogens with two attached hydrogens (primary N) is 1. The van der Waals surface area contributed by atoms with Gasteiger partial charge in [0.1, 0.15) is 11.9 Å². The lowest BCUT2D eigenvalue weighted by Crippen LogP contribution is -2.50. The predicted molar refractivity (Wildman–Crippen MR) is 88.9 cm³/mol. The maximum absolute atomic E-state index is 13.1. The number of aromatic nitrogens is 2. The van der Waals surface area contributed by atoms with Gasteiger partial charge in [0.2, 0.25) is 11.8 Å². The highest BCUT2D eigenvalue weighted by Crippen LogP contribution is 2.25. The van der Waals surface area contributed by atoms with Gasteiger partial charge >= 0.3 is 0 Å². The SMILES string of the molecule is Cc1noc([C@@H](C)N2CCN([C@H](C(N)=O)c3ccc(F)cc3)CC2)n1. The van der Waals surface area contributed by atoms with Crippen molar-refractivity contribution in [1.82, 2.24) is 19.9 Å². The van der Waals surface area contributed by atoms with E-state index in [1.54, 1.807) is 19.1 Å². The second-order valence-electron chi connectivity index (χ2n) is 6.28. The molecule has 134 valence electrons. The molecule has 2 heterocycles. The number of hydrogen-bond donors (Lipinski definition) is 1. The Labute approximate surface area is 145 Å². The number of carbonyl (C=O) groups excluding carboxylic acids is 1. The first-order valence-corrected chi connectivity index (χ1v) is 8.29. The van der Waals surface area contributed by atoms with Crippen LogP contribution < -0.4 is 5.73 Å². The molecule has 7 nitrogen and oxygen atoms in total. The van der Waals surface area contributed by atoms with Crippen molar-refractivity contribution in [2.24, 2.45) is 5.73 Å². The van der Waals surface area contributed by atoms with E-state index in [0.29, 0.717) is 30.4 Å². The van der Waals surface area contributed by atoms with E-state index in [-0.39, 0.29) is 11.9 Å². The molecule has 1 aliphatic rings. The summed E-state index contributed by atoms with van der Waals surface area (Å²) < 4.78 is 18.4. The van der Waals surface area contributed by atoms with Crippen molar-refractivity contribution in [3.8, 4) is 0 Å². The first-order chi connectivity index (χ1) is 12.0. The average Bonchev–Trinajstić information content (AvgIpc) is 3.03. The normalized spacial score (nSPS) is 18.8. The highest BCUT2D eigenvalue weighted by Gasteiger charge is 2.31. The Morgan fingerprint density at radius 3 is 2.32 bits per heavy atom. The minimum absolute atomic E-state index is 0.0150. The number of piperazine rings is 1. The van der Waals surface area contributed by atoms with Crippen LogP contribution in [0.5, 0.6) is 0 Å². The Balaban J connectivity index is 1.67. The Morgan fingerprint density at radius 1 is 1.20 bits per heavy atom. The molecule has 2 aromatic rings. The third-order valence-electron chi connectivity index (χ3n) is 4.62. The van der Waals surface area contributed by atoms with Crippen molar-refractivity contribution in [2.75, 3.05) is 26.2 Å². The molecule has 8 heteroatoms. The fourth-order valence-corrected chi connectivity index (χ4v) is 3.22. The molecule has 1 fully saturated rings. The number of benzene rings is 1. The van der Waals surface area contributed by atoms with Crippen molar-refractivity contribution >= 4 is 5.91 Å². The fraction of sp³-hybridized carbons (Fsp3) is 0.471. The molecule has 1 aliphatic heterocycles. The van der Waals surface area contributed by atoms with Crippen molar-refractivity contribution in [1.29, 1.82) is 0 Å². The quantitative estimate of drug-likeness (QED) is 0.880. The van der Waals surface area contributed by atoms with Crippen LogP contribution in [0.2, 0.25) is 0 Å². The van der Waals surface area contributed by atoms with Gasteiger partial charge in [-0.2, -0.15) is 4.98 Å². The molecule has 1 amide bonds. The molecule has 2 N–H and O–H groups in total. The summed E-state index contributed by atoms with van der Waals surface area (Å²) in [6, 6.07) is 5.38. The van der Waals surface area contributed by atoms with E-state index in [1.165, 1.54) is 12.1 Å². The molecule has 0 spiro atoms. The number of nitrogens with zero attached hydrogens (tertiary/aromatic N) is 4. The topological polar surface area (TPSA) is 88.5 Å². The summed E-state index contributed by atoms with van der Waals surface area (Å²) in [5, 5.41) is 3.83. The van der Waals surface area contributed by atoms with E-state index >= 15 is 0 Å². The molecule has 0 radical (unpaired) electrons. The maximum Gasteiger partial charge on any atom is 0.243 e. The maximum atomic E-state index is 13.1. The summed E-state index contributed by atoms with van der Waals surface area (Å²) in [6.07, 6.45) is 0. The summed E-state index contributed by atoms with van der Waals surface area (Å²) >= 11 is 0. The Bertz CT molecular complexity index is 725. The van der Waals surface area contributed by atoms with Crippen molar-refractivity contribution in [2.45, 2.75) is 25.9 Å². The van der Waals surface area contributed by atoms with Crippen LogP contribution in [0.15, 0.2) is 28.8 Å². The van der Waals surface area contributed by atoms with Crippen LogP contribution in [-0.2, 0) is 4.79 Å². The van der Waals surface area contributed by atoms with Crippen molar-refractivity contribution in [3.05, 3.63) is 47.4 Å². The van der Waals surface area contributed by atoms with Gasteiger partial charge in [0.25, 0.3) is 0 Å². The number of halogens is 1. The summed E-state index contributed by atoms with van der Waals surface area (Å²) in [6.45, 7) is 6.64. The monoisotopic (exact) mass is 347 g/mol. The fourth-order valence-electron chi connectivity index (χ4n) is 3.22. The van der Waals surface area contributed by atoms with Gasteiger partial charge in [0.15, 0.2) is 5.82 Å². The predicted octanol–water partition coefficient (Wildman–Crippen LogP) is 1.42. The van der Waals surface area contributed by atoms with Gasteiger partial charge < -0.3 is 10.3 Å². The summed E-state index contributed by atoms with van der Waals surface area (Å²) in [4.78, 5) is 20.5. The van der Waals surface area contributed by atoms with Crippen LogP contribution in [0.25, 0.3) is 0 Å². The van der Waals surface area contributed by atoms with Gasteiger partial charge in [-0.15, -0.1) is 0 Å². The standard InChI is InChI=1S/C17H22FN5O2/c1-11(17-20-12(2)21-25-17)22-7-9-23(10-8-22)15(16(19)24)13-3-5-14(18)6-4-13/h3-6,11,15H,7-10H2,1-2H3,(H2,19,24)/t11-,15+/m1/s1. The highest BCUT2D eigenvalue weighted by molar-refractivity contribution is 5.81. The number of amides is 1. The zero-order valence-corrected chi connectivity index (χ0v) is 14.4. The molecule has 0 aliphatic carbocycles. The molecular weight excluding hydrogens is 325 g/mol. The van der Waals surface area contributed by atoms with E-state index in [1.807, 2.05) is 11.8 Å². The third-order valence-corrected chi connectivity index (χ3v) is 4.62. The molecule has 0 bridgehead atoms. The van der Waals surface area contributed by atoms with Crippen LogP contribution in [-0.4, -0.2) is 52.0 Å². The lowest BCUT2D eigenvalue weighted by molar-refractivity contribution is -0.124. The van der Waals surface area contributed by atoms with Gasteiger partial charge in [-0.3, -0.25) is 14.6 Å². The lowest BCUT2D eigenvalue weighted by Gasteiger charge is -2.39. The Kier molecular flexibility index (Phi) is 5.10. The second-order valence-corrected chi connectivity index (χ2v) is 6.28. The molecule has 0 unspecified atom stereocenters. The van der Waals surface area contributed by atoms with E-state index in [4.69, 9.17) is 10.3 Å². The molecule has 2 atom stereocenters. The number of hydrogen-bond acceptors (Lipinski definition) is 6. The number of aryl methyl sites for hydroxylation is 1. The van der Waals surface area contributed by atoms with Crippen molar-refractivity contribution in [3.63, 3.8) is 0 Å². The largest absolute Gasteiger partial charge is 0.368 e. The van der Waals surface area contributed by atoms with Crippen LogP contribution in [0.3, 0.4) is 0 Å². The van der Waals surface area contributed by atoms with E-state index in [0.717, 1.165) is 13.1 Å². The Hall–Kier alpha value is -2.32. The van der Waals surface area contributed by atoms with E-state index < -0.39 is 11.9 Å². The van der Waals surface area contributed by atoms with Crippen molar-refractivity contribution < 1.29 is 13.7 Å². The third kappa shape index (κ3) is 3.85. The second kappa shape index (κ2) is 7.28. The zero-order valence-electron chi connectivity index (χ0n) is 14.4. The number of carbonyl (C=O) groups is 1. The van der Waals surface area contributed by atoms with Gasteiger partial charge in [-0.05, 0) is 31.5 Å². The smallest absolute Gasteiger partial charge is 0.243 e. The first-order valence-electron chi connectivity index (χ1n) is 8.29. The summed E-state index contributed by atoms with van der Waals surface area (Å²) in [5.74, 6) is 0.447. The van der Waals surface area contributed by atoms with E-state index in [9.17, 15) is 9.18 Å². The lowest BCUT2D eigenvalue weighted by atomic mass is 10.0. The van der Waals surface area contributed by atoms with Crippen LogP contribution in [0, 0.1) is 12.7 Å². The minimum atomic E-state index is -0.552. The molecule has 1 aromatic heterocycles. The first kappa shape index (κ1) is 17.5. The molecular formula is C17H22FN5O2. The van der Waals surface area contributed by atoms with E-state index in [2.05, 4.69) is 15.0 Å². The van der Waals surface area contributed by atoms with Gasteiger partial charge in [-0.25, -0.2) is 4.39 Å². The van der Waals surface area contributed by atoms with Crippen LogP contribution in [0.1, 0.15) is 36.3 Å². The van der Waals surface area contributed by atoms with Gasteiger partial charge in [-0.1, -0.05) is 17.3 Å². The van der Waals surface area contributed by atoms with Crippen LogP contribution in [0.4, 0.5) is 4.39 Å². The number of primary amides is 1. The zero-order chi connectivity index (χ0) is 18.0. The summed E-state index contributed by atoms with van der Waals surface area (Å²) in [5.41, 5.74) is 6.32. The minimum Gasteiger partial charge on any atom is -0.368 e. The summed E-state index contributed by atoms with van der Waals surface area (Å²) in [7, 11) is 0. The molecule has 0 saturated carbocycles. The van der Waals surface area contributed by atoms with Gasteiger partial charge in [0.05, 0.1) is 6.04 Å². The van der Waals surface area contributed by atoms with Crippen LogP contribution >= 0.6 is 0 Å². The molecule has 3 rings (SSSR count). The molecule has 25 heavy (non-hydrogen) atoms. The molecule has 1 aromatic carbocycles. The highest BCUT2D eigenvalue weighted by atomic mass is 19.1.